The molecule has 6 heteroatoms. The van der Waals surface area contributed by atoms with E-state index in [0.717, 1.165) is 77.0 Å². The van der Waals surface area contributed by atoms with Gasteiger partial charge in [0.15, 0.2) is 0 Å². The van der Waals surface area contributed by atoms with E-state index in [4.69, 9.17) is 4.74 Å². The van der Waals surface area contributed by atoms with Crippen LogP contribution in [0, 0.1) is 0 Å². The molecule has 0 aliphatic heterocycles. The van der Waals surface area contributed by atoms with E-state index in [-0.39, 0.29) is 24.9 Å². The maximum Gasteiger partial charge on any atom is 0.306 e. The Labute approximate surface area is 415 Å². The zero-order valence-electron chi connectivity index (χ0n) is 44.3. The Morgan fingerprint density at radius 1 is 0.433 bits per heavy atom. The number of aliphatic hydroxyl groups excluding tert-OH is 2. The van der Waals surface area contributed by atoms with Crippen molar-refractivity contribution < 1.29 is 24.5 Å². The standard InChI is InChI=1S/C61H109NO5/c1-4-7-10-13-16-19-22-25-28-31-34-37-40-43-46-49-52-57(67-61(66)54-51-48-45-42-39-36-33-30-27-24-21-18-15-12-9-6-3)55-60(65)62-58(56-63)59(64)53-50-47-44-41-38-35-32-29-26-23-20-17-14-11-8-5-2/h10,13,16,19,22,25,28,30-31,33-34,37,57-59,63-64H,4-9,11-12,14-15,17-18,20-21,23-24,26-27,29,32,35-36,38-56H2,1-3H3,(H,62,65)/b13-10+,19-16+,25-22+,31-28+,33-30+,37-34+. The number of hydrogen-bond acceptors (Lipinski definition) is 5. The van der Waals surface area contributed by atoms with Crippen LogP contribution in [0.3, 0.4) is 0 Å². The highest BCUT2D eigenvalue weighted by atomic mass is 16.5. The van der Waals surface area contributed by atoms with Gasteiger partial charge in [0, 0.05) is 6.42 Å². The second-order valence-corrected chi connectivity index (χ2v) is 19.5. The monoisotopic (exact) mass is 936 g/mol. The van der Waals surface area contributed by atoms with Gasteiger partial charge in [-0.1, -0.05) is 267 Å². The number of nitrogens with one attached hydrogen (secondary N) is 1. The number of unbranched alkanes of at least 4 members (excludes halogenated alkanes) is 31. The highest BCUT2D eigenvalue weighted by Crippen LogP contribution is 2.18. The summed E-state index contributed by atoms with van der Waals surface area (Å²) in [4.78, 5) is 26.3. The Morgan fingerprint density at radius 3 is 1.27 bits per heavy atom. The molecule has 67 heavy (non-hydrogen) atoms. The third kappa shape index (κ3) is 49.5. The van der Waals surface area contributed by atoms with Crippen molar-refractivity contribution in [2.75, 3.05) is 6.61 Å². The molecule has 0 radical (unpaired) electrons. The fraction of sp³-hybridized carbons (Fsp3) is 0.770. The molecule has 0 saturated carbocycles. The average molecular weight is 937 g/mol. The van der Waals surface area contributed by atoms with Gasteiger partial charge in [0.25, 0.3) is 0 Å². The molecule has 0 saturated heterocycles. The highest BCUT2D eigenvalue weighted by Gasteiger charge is 2.24. The van der Waals surface area contributed by atoms with Crippen LogP contribution in [0.2, 0.25) is 0 Å². The van der Waals surface area contributed by atoms with E-state index in [0.29, 0.717) is 19.3 Å². The number of esters is 1. The van der Waals surface area contributed by atoms with Gasteiger partial charge in [-0.05, 0) is 70.6 Å². The SMILES string of the molecule is CCC/C=C/C=C/C=C/C=C/C=C/CCCCCC(CC(=O)NC(CO)C(O)CCCCCCCCCCCCCCCCCC)OC(=O)CCCCCCC/C=C/CCCCCCCCC. The van der Waals surface area contributed by atoms with E-state index in [2.05, 4.69) is 62.5 Å². The molecule has 0 bridgehead atoms. The molecular weight excluding hydrogens is 827 g/mol. The summed E-state index contributed by atoms with van der Waals surface area (Å²) in [5.74, 6) is -0.521. The molecule has 0 aliphatic rings. The van der Waals surface area contributed by atoms with Gasteiger partial charge in [0.05, 0.1) is 25.2 Å². The number of carbonyl (C=O) groups is 2. The lowest BCUT2D eigenvalue weighted by molar-refractivity contribution is -0.151. The third-order valence-electron chi connectivity index (χ3n) is 12.9. The normalized spacial score (nSPS) is 13.7. The molecule has 0 aromatic heterocycles. The zero-order valence-corrected chi connectivity index (χ0v) is 44.3. The van der Waals surface area contributed by atoms with Crippen LogP contribution in [0.5, 0.6) is 0 Å². The summed E-state index contributed by atoms with van der Waals surface area (Å²) >= 11 is 0. The first-order valence-electron chi connectivity index (χ1n) is 28.7. The quantitative estimate of drug-likeness (QED) is 0.0244. The van der Waals surface area contributed by atoms with Gasteiger partial charge in [-0.25, -0.2) is 0 Å². The topological polar surface area (TPSA) is 95.9 Å². The van der Waals surface area contributed by atoms with Crippen LogP contribution >= 0.6 is 0 Å². The Morgan fingerprint density at radius 2 is 0.806 bits per heavy atom. The van der Waals surface area contributed by atoms with Crippen molar-refractivity contribution in [3.05, 3.63) is 72.9 Å². The summed E-state index contributed by atoms with van der Waals surface area (Å²) < 4.78 is 5.94. The molecule has 0 spiro atoms. The molecule has 3 unspecified atom stereocenters. The number of aliphatic hydroxyl groups is 2. The summed E-state index contributed by atoms with van der Waals surface area (Å²) in [6.45, 7) is 6.40. The minimum absolute atomic E-state index is 0.0446. The Bertz CT molecular complexity index is 1230. The first-order chi connectivity index (χ1) is 33.0. The number of amides is 1. The third-order valence-corrected chi connectivity index (χ3v) is 12.9. The molecule has 0 fully saturated rings. The molecule has 388 valence electrons. The molecule has 1 amide bonds. The first-order valence-corrected chi connectivity index (χ1v) is 28.7. The van der Waals surface area contributed by atoms with Crippen molar-refractivity contribution in [1.29, 1.82) is 0 Å². The lowest BCUT2D eigenvalue weighted by Crippen LogP contribution is -2.46. The van der Waals surface area contributed by atoms with Crippen molar-refractivity contribution >= 4 is 11.9 Å². The number of hydrogen-bond donors (Lipinski definition) is 3. The predicted molar refractivity (Wildman–Crippen MR) is 291 cm³/mol. The van der Waals surface area contributed by atoms with Crippen LogP contribution in [0.1, 0.15) is 278 Å². The second kappa shape index (κ2) is 54.2. The molecule has 0 heterocycles. The maximum absolute atomic E-state index is 13.3. The van der Waals surface area contributed by atoms with Crippen LogP contribution in [0.15, 0.2) is 72.9 Å². The van der Waals surface area contributed by atoms with Crippen molar-refractivity contribution in [2.24, 2.45) is 0 Å². The number of rotatable bonds is 51. The van der Waals surface area contributed by atoms with Crippen molar-refractivity contribution in [2.45, 2.75) is 296 Å². The van der Waals surface area contributed by atoms with Gasteiger partial charge in [-0.15, -0.1) is 0 Å². The molecule has 0 aromatic rings. The summed E-state index contributed by atoms with van der Waals surface area (Å²) in [5.41, 5.74) is 0. The van der Waals surface area contributed by atoms with Gasteiger partial charge >= 0.3 is 5.97 Å². The van der Waals surface area contributed by atoms with E-state index >= 15 is 0 Å². The summed E-state index contributed by atoms with van der Waals surface area (Å²) in [6.07, 6.45) is 69.6. The minimum atomic E-state index is -0.805. The molecule has 3 N–H and O–H groups in total. The lowest BCUT2D eigenvalue weighted by Gasteiger charge is -2.24. The second-order valence-electron chi connectivity index (χ2n) is 19.5. The van der Waals surface area contributed by atoms with Gasteiger partial charge in [0.2, 0.25) is 5.91 Å². The molecular formula is C61H109NO5. The Kier molecular flexibility index (Phi) is 52.1. The first kappa shape index (κ1) is 64.3. The number of allylic oxidation sites excluding steroid dienone is 12. The average Bonchev–Trinajstić information content (AvgIpc) is 3.32. The van der Waals surface area contributed by atoms with Gasteiger partial charge in [-0.3, -0.25) is 9.59 Å². The van der Waals surface area contributed by atoms with Crippen LogP contribution < -0.4 is 5.32 Å². The summed E-state index contributed by atoms with van der Waals surface area (Å²) in [6, 6.07) is -0.721. The van der Waals surface area contributed by atoms with E-state index in [9.17, 15) is 19.8 Å². The van der Waals surface area contributed by atoms with Crippen LogP contribution in [0.4, 0.5) is 0 Å². The summed E-state index contributed by atoms with van der Waals surface area (Å²) in [7, 11) is 0. The van der Waals surface area contributed by atoms with Crippen molar-refractivity contribution in [1.82, 2.24) is 5.32 Å². The molecule has 0 aromatic carbocycles. The van der Waals surface area contributed by atoms with Crippen molar-refractivity contribution in [3.8, 4) is 0 Å². The molecule has 6 nitrogen and oxygen atoms in total. The van der Waals surface area contributed by atoms with Crippen LogP contribution in [-0.4, -0.2) is 46.9 Å². The highest BCUT2D eigenvalue weighted by molar-refractivity contribution is 5.77. The smallest absolute Gasteiger partial charge is 0.306 e. The Balaban J connectivity index is 4.65. The van der Waals surface area contributed by atoms with Gasteiger partial charge in [0.1, 0.15) is 6.10 Å². The predicted octanol–water partition coefficient (Wildman–Crippen LogP) is 17.7. The number of ether oxygens (including phenoxy) is 1. The van der Waals surface area contributed by atoms with E-state index in [1.165, 1.54) is 154 Å². The Hall–Kier alpha value is -2.70. The summed E-state index contributed by atoms with van der Waals surface area (Å²) in [5, 5.41) is 23.9. The van der Waals surface area contributed by atoms with Gasteiger partial charge < -0.3 is 20.3 Å². The van der Waals surface area contributed by atoms with Crippen LogP contribution in [0.25, 0.3) is 0 Å². The molecule has 0 rings (SSSR count). The van der Waals surface area contributed by atoms with E-state index in [1.54, 1.807) is 0 Å². The van der Waals surface area contributed by atoms with Gasteiger partial charge in [-0.2, -0.15) is 0 Å². The molecule has 3 atom stereocenters. The van der Waals surface area contributed by atoms with E-state index in [1.807, 2.05) is 36.5 Å². The number of carbonyl (C=O) groups excluding carboxylic acids is 2. The fourth-order valence-corrected chi connectivity index (χ4v) is 8.52. The molecule has 0 aliphatic carbocycles. The largest absolute Gasteiger partial charge is 0.462 e. The maximum atomic E-state index is 13.3. The van der Waals surface area contributed by atoms with E-state index < -0.39 is 18.2 Å². The fourth-order valence-electron chi connectivity index (χ4n) is 8.52. The van der Waals surface area contributed by atoms with Crippen LogP contribution in [-0.2, 0) is 14.3 Å². The minimum Gasteiger partial charge on any atom is -0.462 e. The zero-order chi connectivity index (χ0) is 48.8. The lowest BCUT2D eigenvalue weighted by atomic mass is 10.0. The van der Waals surface area contributed by atoms with Crippen molar-refractivity contribution in [3.63, 3.8) is 0 Å².